The highest BCUT2D eigenvalue weighted by Crippen LogP contribution is 2.39. The van der Waals surface area contributed by atoms with E-state index in [9.17, 15) is 4.39 Å². The number of aromatic nitrogens is 3. The molecular formula is C13H14FN3O. The number of hydrogen-bond donors (Lipinski definition) is 0. The van der Waals surface area contributed by atoms with Crippen LogP contribution in [0.25, 0.3) is 11.0 Å². The second-order valence-electron chi connectivity index (χ2n) is 4.63. The highest BCUT2D eigenvalue weighted by molar-refractivity contribution is 5.78. The molecule has 1 aliphatic rings. The molecule has 18 heavy (non-hydrogen) atoms. The number of aryl methyl sites for hydroxylation is 1. The van der Waals surface area contributed by atoms with Crippen LogP contribution in [0, 0.1) is 12.8 Å². The summed E-state index contributed by atoms with van der Waals surface area (Å²) in [6.07, 6.45) is 1.48. The Morgan fingerprint density at radius 1 is 1.44 bits per heavy atom. The van der Waals surface area contributed by atoms with Crippen molar-refractivity contribution >= 4 is 11.0 Å². The molecule has 0 unspecified atom stereocenters. The fraction of sp³-hybridized carbons (Fsp3) is 0.385. The Kier molecular flexibility index (Phi) is 2.36. The second-order valence-corrected chi connectivity index (χ2v) is 4.63. The van der Waals surface area contributed by atoms with Crippen LogP contribution in [0.3, 0.4) is 0 Å². The maximum absolute atomic E-state index is 14.2. The number of ether oxygens (including phenoxy) is 1. The van der Waals surface area contributed by atoms with Gasteiger partial charge < -0.3 is 4.74 Å². The van der Waals surface area contributed by atoms with E-state index in [1.165, 1.54) is 6.33 Å². The molecule has 0 radical (unpaired) electrons. The van der Waals surface area contributed by atoms with Gasteiger partial charge in [0.15, 0.2) is 6.17 Å². The zero-order chi connectivity index (χ0) is 12.9. The molecule has 1 aliphatic heterocycles. The van der Waals surface area contributed by atoms with E-state index >= 15 is 0 Å². The molecule has 0 amide bonds. The number of halogens is 1. The zero-order valence-electron chi connectivity index (χ0n) is 10.3. The number of hydrogen-bond acceptors (Lipinski definition) is 3. The molecule has 94 valence electrons. The molecule has 2 aromatic rings. The van der Waals surface area contributed by atoms with Gasteiger partial charge in [0.2, 0.25) is 6.23 Å². The minimum atomic E-state index is -1.11. The van der Waals surface area contributed by atoms with E-state index in [0.29, 0.717) is 11.4 Å². The third-order valence-corrected chi connectivity index (χ3v) is 3.51. The van der Waals surface area contributed by atoms with Crippen molar-refractivity contribution < 1.29 is 9.13 Å². The van der Waals surface area contributed by atoms with Crippen LogP contribution in [-0.4, -0.2) is 20.7 Å². The molecule has 4 nitrogen and oxygen atoms in total. The second kappa shape index (κ2) is 3.80. The van der Waals surface area contributed by atoms with Crippen molar-refractivity contribution in [2.24, 2.45) is 5.92 Å². The topological polar surface area (TPSA) is 39.9 Å². The fourth-order valence-corrected chi connectivity index (χ4v) is 2.26. The first-order valence-electron chi connectivity index (χ1n) is 5.87. The number of alkyl halides is 1. The average Bonchev–Trinajstić information content (AvgIpc) is 2.88. The molecule has 3 atom stereocenters. The van der Waals surface area contributed by atoms with Crippen LogP contribution in [0.1, 0.15) is 18.8 Å². The quantitative estimate of drug-likeness (QED) is 0.778. The van der Waals surface area contributed by atoms with Gasteiger partial charge in [-0.25, -0.2) is 14.4 Å². The Labute approximate surface area is 104 Å². The molecule has 5 heteroatoms. The first-order chi connectivity index (χ1) is 8.59. The van der Waals surface area contributed by atoms with Gasteiger partial charge in [-0.2, -0.15) is 0 Å². The zero-order valence-corrected chi connectivity index (χ0v) is 10.3. The Morgan fingerprint density at radius 3 is 2.89 bits per heavy atom. The number of fused-ring (bicyclic) bond motifs is 1. The summed E-state index contributed by atoms with van der Waals surface area (Å²) >= 11 is 0. The van der Waals surface area contributed by atoms with E-state index in [1.54, 1.807) is 17.7 Å². The SMILES string of the molecule is C=C1O[C@@H](n2ccc3c(C)ncnc32)[C@@H](F)[C@@H]1C. The molecule has 0 aliphatic carbocycles. The van der Waals surface area contributed by atoms with Crippen molar-refractivity contribution in [3.63, 3.8) is 0 Å². The van der Waals surface area contributed by atoms with Crippen LogP contribution in [0.15, 0.2) is 30.9 Å². The van der Waals surface area contributed by atoms with Crippen molar-refractivity contribution in [2.75, 3.05) is 0 Å². The van der Waals surface area contributed by atoms with Crippen LogP contribution >= 0.6 is 0 Å². The van der Waals surface area contributed by atoms with E-state index in [0.717, 1.165) is 11.1 Å². The molecule has 2 aromatic heterocycles. The summed E-state index contributed by atoms with van der Waals surface area (Å²) in [6.45, 7) is 7.41. The van der Waals surface area contributed by atoms with Crippen molar-refractivity contribution in [3.8, 4) is 0 Å². The van der Waals surface area contributed by atoms with Gasteiger partial charge in [0, 0.05) is 11.6 Å². The lowest BCUT2D eigenvalue weighted by Crippen LogP contribution is -2.19. The smallest absolute Gasteiger partial charge is 0.208 e. The normalized spacial score (nSPS) is 27.7. The number of rotatable bonds is 1. The summed E-state index contributed by atoms with van der Waals surface area (Å²) in [4.78, 5) is 8.33. The molecule has 3 rings (SSSR count). The summed E-state index contributed by atoms with van der Waals surface area (Å²) in [7, 11) is 0. The first-order valence-corrected chi connectivity index (χ1v) is 5.87. The average molecular weight is 247 g/mol. The van der Waals surface area contributed by atoms with Crippen LogP contribution in [-0.2, 0) is 4.74 Å². The van der Waals surface area contributed by atoms with Crippen LogP contribution in [0.4, 0.5) is 4.39 Å². The lowest BCUT2D eigenvalue weighted by Gasteiger charge is -2.15. The highest BCUT2D eigenvalue weighted by atomic mass is 19.1. The monoisotopic (exact) mass is 247 g/mol. The van der Waals surface area contributed by atoms with E-state index in [-0.39, 0.29) is 5.92 Å². The maximum atomic E-state index is 14.2. The van der Waals surface area contributed by atoms with Crippen LogP contribution in [0.2, 0.25) is 0 Å². The number of nitrogens with zero attached hydrogens (tertiary/aromatic N) is 3. The Bertz CT molecular complexity index is 622. The van der Waals surface area contributed by atoms with Gasteiger partial charge >= 0.3 is 0 Å². The lowest BCUT2D eigenvalue weighted by molar-refractivity contribution is 0.0503. The van der Waals surface area contributed by atoms with E-state index in [1.807, 2.05) is 13.0 Å². The molecule has 0 aromatic carbocycles. The minimum absolute atomic E-state index is 0.296. The molecule has 3 heterocycles. The first kappa shape index (κ1) is 11.2. The van der Waals surface area contributed by atoms with Gasteiger partial charge in [-0.05, 0) is 13.0 Å². The minimum Gasteiger partial charge on any atom is -0.472 e. The molecule has 1 saturated heterocycles. The summed E-state index contributed by atoms with van der Waals surface area (Å²) < 4.78 is 21.4. The third kappa shape index (κ3) is 1.43. The molecule has 1 fully saturated rings. The van der Waals surface area contributed by atoms with Crippen molar-refractivity contribution in [2.45, 2.75) is 26.2 Å². The molecule has 0 saturated carbocycles. The molecular weight excluding hydrogens is 233 g/mol. The van der Waals surface area contributed by atoms with Gasteiger partial charge in [-0.3, -0.25) is 4.57 Å². The Hall–Kier alpha value is -1.91. The highest BCUT2D eigenvalue weighted by Gasteiger charge is 2.40. The summed E-state index contributed by atoms with van der Waals surface area (Å²) in [6, 6.07) is 1.88. The Balaban J connectivity index is 2.11. The van der Waals surface area contributed by atoms with Crippen LogP contribution < -0.4 is 0 Å². The summed E-state index contributed by atoms with van der Waals surface area (Å²) in [5.74, 6) is 0.190. The lowest BCUT2D eigenvalue weighted by atomic mass is 10.1. The third-order valence-electron chi connectivity index (χ3n) is 3.51. The standard InChI is InChI=1S/C13H14FN3O/c1-7-9(3)18-13(11(7)14)17-5-4-10-8(2)15-6-16-12(10)17/h4-7,11,13H,3H2,1-2H3/t7-,11+,13-/m1/s1. The largest absolute Gasteiger partial charge is 0.472 e. The summed E-state index contributed by atoms with van der Waals surface area (Å²) in [5.41, 5.74) is 1.57. The predicted molar refractivity (Wildman–Crippen MR) is 65.6 cm³/mol. The molecule has 0 spiro atoms. The van der Waals surface area contributed by atoms with Gasteiger partial charge in [-0.15, -0.1) is 0 Å². The predicted octanol–water partition coefficient (Wildman–Crippen LogP) is 2.76. The molecule has 0 N–H and O–H groups in total. The van der Waals surface area contributed by atoms with E-state index < -0.39 is 12.4 Å². The van der Waals surface area contributed by atoms with Gasteiger partial charge in [0.05, 0.1) is 17.4 Å². The van der Waals surface area contributed by atoms with Crippen molar-refractivity contribution in [3.05, 3.63) is 36.6 Å². The molecule has 0 bridgehead atoms. The van der Waals surface area contributed by atoms with Crippen LogP contribution in [0.5, 0.6) is 0 Å². The van der Waals surface area contributed by atoms with Gasteiger partial charge in [-0.1, -0.05) is 13.5 Å². The number of allylic oxidation sites excluding steroid dienone is 1. The van der Waals surface area contributed by atoms with E-state index in [4.69, 9.17) is 4.74 Å². The van der Waals surface area contributed by atoms with E-state index in [2.05, 4.69) is 16.5 Å². The van der Waals surface area contributed by atoms with Gasteiger partial charge in [0.25, 0.3) is 0 Å². The summed E-state index contributed by atoms with van der Waals surface area (Å²) in [5, 5.41) is 0.915. The maximum Gasteiger partial charge on any atom is 0.208 e. The van der Waals surface area contributed by atoms with Gasteiger partial charge in [0.1, 0.15) is 12.0 Å². The van der Waals surface area contributed by atoms with Crippen molar-refractivity contribution in [1.82, 2.24) is 14.5 Å². The fourth-order valence-electron chi connectivity index (χ4n) is 2.26. The van der Waals surface area contributed by atoms with Crippen molar-refractivity contribution in [1.29, 1.82) is 0 Å². The Morgan fingerprint density at radius 2 is 2.22 bits per heavy atom.